The zero-order chi connectivity index (χ0) is 12.2. The van der Waals surface area contributed by atoms with E-state index in [-0.39, 0.29) is 17.5 Å². The van der Waals surface area contributed by atoms with Crippen LogP contribution in [-0.2, 0) is 4.74 Å². The maximum atomic E-state index is 13.4. The van der Waals surface area contributed by atoms with E-state index in [1.165, 1.54) is 6.20 Å². The summed E-state index contributed by atoms with van der Waals surface area (Å²) in [5.74, 6) is -0.342. The average molecular weight is 226 g/mol. The summed E-state index contributed by atoms with van der Waals surface area (Å²) in [6, 6.07) is 1.32. The molecule has 3 nitrogen and oxygen atoms in total. The van der Waals surface area contributed by atoms with Crippen LogP contribution in [0.15, 0.2) is 18.5 Å². The number of nitrogens with two attached hydrogens (primary N) is 1. The number of rotatable bonds is 5. The highest BCUT2D eigenvalue weighted by molar-refractivity contribution is 5.16. The molecule has 0 aliphatic rings. The molecular weight excluding hydrogens is 207 g/mol. The molecule has 0 spiro atoms. The predicted molar refractivity (Wildman–Crippen MR) is 61.4 cm³/mol. The Morgan fingerprint density at radius 3 is 2.81 bits per heavy atom. The SMILES string of the molecule is COC(C)(C)CCC(N)c1ccncc1F. The number of methoxy groups -OCH3 is 1. The summed E-state index contributed by atoms with van der Waals surface area (Å²) in [5.41, 5.74) is 6.23. The highest BCUT2D eigenvalue weighted by Gasteiger charge is 2.19. The van der Waals surface area contributed by atoms with Crippen molar-refractivity contribution < 1.29 is 9.13 Å². The average Bonchev–Trinajstić information content (AvgIpc) is 2.27. The first kappa shape index (κ1) is 13.1. The number of ether oxygens (including phenoxy) is 1. The van der Waals surface area contributed by atoms with Crippen molar-refractivity contribution in [3.8, 4) is 0 Å². The minimum Gasteiger partial charge on any atom is -0.379 e. The van der Waals surface area contributed by atoms with Gasteiger partial charge in [0.2, 0.25) is 0 Å². The molecule has 0 saturated carbocycles. The Bertz CT molecular complexity index is 342. The fourth-order valence-electron chi connectivity index (χ4n) is 1.45. The van der Waals surface area contributed by atoms with Crippen molar-refractivity contribution in [3.05, 3.63) is 29.8 Å². The molecular formula is C12H19FN2O. The molecule has 90 valence electrons. The van der Waals surface area contributed by atoms with Gasteiger partial charge in [-0.15, -0.1) is 0 Å². The smallest absolute Gasteiger partial charge is 0.146 e. The Balaban J connectivity index is 2.60. The van der Waals surface area contributed by atoms with Crippen LogP contribution < -0.4 is 5.73 Å². The zero-order valence-corrected chi connectivity index (χ0v) is 10.0. The molecule has 0 aliphatic carbocycles. The van der Waals surface area contributed by atoms with Gasteiger partial charge in [0.15, 0.2) is 0 Å². The van der Waals surface area contributed by atoms with Gasteiger partial charge in [0.1, 0.15) is 5.82 Å². The highest BCUT2D eigenvalue weighted by Crippen LogP contribution is 2.23. The van der Waals surface area contributed by atoms with Crippen LogP contribution in [0.4, 0.5) is 4.39 Å². The lowest BCUT2D eigenvalue weighted by Gasteiger charge is -2.24. The van der Waals surface area contributed by atoms with Gasteiger partial charge in [-0.3, -0.25) is 4.98 Å². The standard InChI is InChI=1S/C12H19FN2O/c1-12(2,16-3)6-4-11(14)9-5-7-15-8-10(9)13/h5,7-8,11H,4,6,14H2,1-3H3. The van der Waals surface area contributed by atoms with Crippen LogP contribution in [0.1, 0.15) is 38.3 Å². The van der Waals surface area contributed by atoms with E-state index in [0.717, 1.165) is 6.42 Å². The van der Waals surface area contributed by atoms with Gasteiger partial charge < -0.3 is 10.5 Å². The first-order valence-electron chi connectivity index (χ1n) is 5.36. The molecule has 1 aromatic heterocycles. The zero-order valence-electron chi connectivity index (χ0n) is 10.0. The number of pyridine rings is 1. The number of hydrogen-bond acceptors (Lipinski definition) is 3. The second kappa shape index (κ2) is 5.37. The second-order valence-electron chi connectivity index (χ2n) is 4.51. The van der Waals surface area contributed by atoms with E-state index in [1.807, 2.05) is 13.8 Å². The molecule has 0 aromatic carbocycles. The van der Waals surface area contributed by atoms with Gasteiger partial charge in [-0.1, -0.05) is 0 Å². The maximum absolute atomic E-state index is 13.4. The van der Waals surface area contributed by atoms with Crippen LogP contribution in [0.5, 0.6) is 0 Å². The van der Waals surface area contributed by atoms with Gasteiger partial charge in [-0.2, -0.15) is 0 Å². The molecule has 2 N–H and O–H groups in total. The number of nitrogens with zero attached hydrogens (tertiary/aromatic N) is 1. The Hall–Kier alpha value is -1.00. The van der Waals surface area contributed by atoms with Gasteiger partial charge >= 0.3 is 0 Å². The van der Waals surface area contributed by atoms with E-state index >= 15 is 0 Å². The molecule has 0 aliphatic heterocycles. The lowest BCUT2D eigenvalue weighted by atomic mass is 9.96. The van der Waals surface area contributed by atoms with E-state index in [1.54, 1.807) is 19.4 Å². The lowest BCUT2D eigenvalue weighted by molar-refractivity contribution is 0.0124. The third-order valence-electron chi connectivity index (χ3n) is 2.81. The van der Waals surface area contributed by atoms with Crippen LogP contribution in [-0.4, -0.2) is 17.7 Å². The number of aromatic nitrogens is 1. The van der Waals surface area contributed by atoms with Crippen LogP contribution >= 0.6 is 0 Å². The van der Waals surface area contributed by atoms with Gasteiger partial charge in [0.25, 0.3) is 0 Å². The molecule has 1 rings (SSSR count). The van der Waals surface area contributed by atoms with Gasteiger partial charge in [-0.25, -0.2) is 4.39 Å². The highest BCUT2D eigenvalue weighted by atomic mass is 19.1. The Kier molecular flexibility index (Phi) is 4.38. The molecule has 1 unspecified atom stereocenters. The lowest BCUT2D eigenvalue weighted by Crippen LogP contribution is -2.25. The largest absolute Gasteiger partial charge is 0.379 e. The van der Waals surface area contributed by atoms with Gasteiger partial charge in [0.05, 0.1) is 11.8 Å². The van der Waals surface area contributed by atoms with E-state index in [2.05, 4.69) is 4.98 Å². The Labute approximate surface area is 95.8 Å². The maximum Gasteiger partial charge on any atom is 0.146 e. The van der Waals surface area contributed by atoms with E-state index in [0.29, 0.717) is 12.0 Å². The fourth-order valence-corrected chi connectivity index (χ4v) is 1.45. The molecule has 1 heterocycles. The first-order valence-corrected chi connectivity index (χ1v) is 5.36. The summed E-state index contributed by atoms with van der Waals surface area (Å²) in [6.07, 6.45) is 4.21. The minimum atomic E-state index is -0.342. The van der Waals surface area contributed by atoms with E-state index in [9.17, 15) is 4.39 Å². The first-order chi connectivity index (χ1) is 7.46. The molecule has 16 heavy (non-hydrogen) atoms. The normalized spacial score (nSPS) is 13.8. The molecule has 0 fully saturated rings. The van der Waals surface area contributed by atoms with Crippen molar-refractivity contribution >= 4 is 0 Å². The molecule has 1 atom stereocenters. The van der Waals surface area contributed by atoms with Gasteiger partial charge in [0, 0.05) is 24.9 Å². The van der Waals surface area contributed by atoms with Crippen LogP contribution in [0.3, 0.4) is 0 Å². The third-order valence-corrected chi connectivity index (χ3v) is 2.81. The molecule has 0 bridgehead atoms. The molecule has 0 saturated heterocycles. The van der Waals surface area contributed by atoms with Crippen molar-refractivity contribution in [2.24, 2.45) is 5.73 Å². The summed E-state index contributed by atoms with van der Waals surface area (Å²) < 4.78 is 18.7. The van der Waals surface area contributed by atoms with Crippen molar-refractivity contribution in [2.45, 2.75) is 38.3 Å². The number of hydrogen-bond donors (Lipinski definition) is 1. The molecule has 4 heteroatoms. The van der Waals surface area contributed by atoms with Crippen LogP contribution in [0.25, 0.3) is 0 Å². The van der Waals surface area contributed by atoms with Crippen molar-refractivity contribution in [3.63, 3.8) is 0 Å². The molecule has 0 amide bonds. The summed E-state index contributed by atoms with van der Waals surface area (Å²) in [6.45, 7) is 3.98. The topological polar surface area (TPSA) is 48.1 Å². The van der Waals surface area contributed by atoms with Gasteiger partial charge in [-0.05, 0) is 32.8 Å². The summed E-state index contributed by atoms with van der Waals surface area (Å²) in [7, 11) is 1.67. The monoisotopic (exact) mass is 226 g/mol. The van der Waals surface area contributed by atoms with Crippen molar-refractivity contribution in [2.75, 3.05) is 7.11 Å². The van der Waals surface area contributed by atoms with Crippen LogP contribution in [0.2, 0.25) is 0 Å². The van der Waals surface area contributed by atoms with Crippen molar-refractivity contribution in [1.82, 2.24) is 4.98 Å². The minimum absolute atomic E-state index is 0.221. The summed E-state index contributed by atoms with van der Waals surface area (Å²) in [4.78, 5) is 3.70. The predicted octanol–water partition coefficient (Wildman–Crippen LogP) is 2.43. The summed E-state index contributed by atoms with van der Waals surface area (Å²) >= 11 is 0. The number of halogens is 1. The summed E-state index contributed by atoms with van der Waals surface area (Å²) in [5, 5.41) is 0. The Morgan fingerprint density at radius 2 is 2.25 bits per heavy atom. The Morgan fingerprint density at radius 1 is 1.56 bits per heavy atom. The third kappa shape index (κ3) is 3.54. The molecule has 0 radical (unpaired) electrons. The fraction of sp³-hybridized carbons (Fsp3) is 0.583. The van der Waals surface area contributed by atoms with Crippen LogP contribution in [0, 0.1) is 5.82 Å². The van der Waals surface area contributed by atoms with Crippen molar-refractivity contribution in [1.29, 1.82) is 0 Å². The molecule has 1 aromatic rings. The quantitative estimate of drug-likeness (QED) is 0.838. The van der Waals surface area contributed by atoms with E-state index < -0.39 is 0 Å². The second-order valence-corrected chi connectivity index (χ2v) is 4.51. The van der Waals surface area contributed by atoms with E-state index in [4.69, 9.17) is 10.5 Å².